The number of carbonyl (C=O) groups excluding carboxylic acids is 1. The number of rotatable bonds is 14. The molecule has 4 aromatic rings. The van der Waals surface area contributed by atoms with E-state index in [2.05, 4.69) is 34.6 Å². The van der Waals surface area contributed by atoms with Crippen molar-refractivity contribution >= 4 is 28.6 Å². The average Bonchev–Trinajstić information content (AvgIpc) is 3.39. The summed E-state index contributed by atoms with van der Waals surface area (Å²) in [6.45, 7) is 7.93. The van der Waals surface area contributed by atoms with Crippen LogP contribution in [-0.4, -0.2) is 46.2 Å². The van der Waals surface area contributed by atoms with E-state index in [9.17, 15) is 4.79 Å². The van der Waals surface area contributed by atoms with Crippen LogP contribution in [0.3, 0.4) is 0 Å². The molecule has 0 aliphatic carbocycles. The van der Waals surface area contributed by atoms with Gasteiger partial charge in [0.2, 0.25) is 0 Å². The minimum Gasteiger partial charge on any atom is -0.487 e. The number of esters is 1. The first kappa shape index (κ1) is 30.9. The lowest BCUT2D eigenvalue weighted by Gasteiger charge is -2.36. The first-order valence-electron chi connectivity index (χ1n) is 15.5. The molecule has 0 saturated carbocycles. The van der Waals surface area contributed by atoms with Gasteiger partial charge in [-0.2, -0.15) is 0 Å². The van der Waals surface area contributed by atoms with Gasteiger partial charge in [-0.05, 0) is 100.0 Å². The molecule has 0 bridgehead atoms. The summed E-state index contributed by atoms with van der Waals surface area (Å²) in [5, 5.41) is 0.678. The Labute approximate surface area is 259 Å². The fourth-order valence-electron chi connectivity index (χ4n) is 5.96. The highest BCUT2D eigenvalue weighted by atomic mass is 35.5. The topological polar surface area (TPSA) is 65.8 Å². The van der Waals surface area contributed by atoms with Crippen molar-refractivity contribution in [2.24, 2.45) is 5.92 Å². The molecule has 7 nitrogen and oxygen atoms in total. The number of benzene rings is 3. The number of hydrogen-bond donors (Lipinski definition) is 0. The van der Waals surface area contributed by atoms with Gasteiger partial charge < -0.3 is 18.8 Å². The normalized spacial score (nSPS) is 15.0. The van der Waals surface area contributed by atoms with Crippen molar-refractivity contribution in [2.45, 2.75) is 71.8 Å². The third kappa shape index (κ3) is 8.09. The third-order valence-electron chi connectivity index (χ3n) is 8.27. The largest absolute Gasteiger partial charge is 0.487 e. The van der Waals surface area contributed by atoms with Gasteiger partial charge in [0.15, 0.2) is 0 Å². The van der Waals surface area contributed by atoms with Gasteiger partial charge in [0, 0.05) is 11.6 Å². The molecule has 1 aliphatic heterocycles. The van der Waals surface area contributed by atoms with E-state index in [1.807, 2.05) is 61.5 Å². The van der Waals surface area contributed by atoms with E-state index in [0.717, 1.165) is 85.7 Å². The number of hydrogen-bond acceptors (Lipinski definition) is 6. The van der Waals surface area contributed by atoms with Crippen LogP contribution in [0.1, 0.15) is 57.3 Å². The molecule has 228 valence electrons. The Kier molecular flexibility index (Phi) is 11.0. The zero-order valence-corrected chi connectivity index (χ0v) is 26.0. The molecule has 5 rings (SSSR count). The van der Waals surface area contributed by atoms with Crippen LogP contribution in [-0.2, 0) is 29.3 Å². The molecule has 8 heteroatoms. The molecule has 1 fully saturated rings. The number of aryl methyl sites for hydroxylation is 1. The van der Waals surface area contributed by atoms with Gasteiger partial charge in [-0.15, -0.1) is 0 Å². The van der Waals surface area contributed by atoms with Gasteiger partial charge in [-0.3, -0.25) is 9.69 Å². The summed E-state index contributed by atoms with van der Waals surface area (Å²) in [6, 6.07) is 23.6. The Morgan fingerprint density at radius 3 is 2.44 bits per heavy atom. The highest BCUT2D eigenvalue weighted by molar-refractivity contribution is 6.30. The second-order valence-corrected chi connectivity index (χ2v) is 11.6. The number of imidazole rings is 1. The van der Waals surface area contributed by atoms with Crippen LogP contribution in [0.2, 0.25) is 5.02 Å². The lowest BCUT2D eigenvalue weighted by Crippen LogP contribution is -2.46. The van der Waals surface area contributed by atoms with Gasteiger partial charge in [0.25, 0.3) is 0 Å². The number of piperidine rings is 1. The van der Waals surface area contributed by atoms with Crippen molar-refractivity contribution in [3.63, 3.8) is 0 Å². The molecule has 1 atom stereocenters. The molecule has 2 heterocycles. The Morgan fingerprint density at radius 1 is 0.953 bits per heavy atom. The summed E-state index contributed by atoms with van der Waals surface area (Å²) in [5.74, 6) is 2.95. The molecule has 0 amide bonds. The number of aromatic nitrogens is 2. The summed E-state index contributed by atoms with van der Waals surface area (Å²) >= 11 is 6.07. The summed E-state index contributed by atoms with van der Waals surface area (Å²) in [6.07, 6.45) is 5.16. The van der Waals surface area contributed by atoms with Crippen molar-refractivity contribution in [2.75, 3.05) is 19.7 Å². The maximum absolute atomic E-state index is 12.4. The molecule has 0 spiro atoms. The fraction of sp³-hybridized carbons (Fsp3) is 0.429. The third-order valence-corrected chi connectivity index (χ3v) is 8.52. The zero-order chi connectivity index (χ0) is 30.0. The Morgan fingerprint density at radius 2 is 1.72 bits per heavy atom. The van der Waals surface area contributed by atoms with Gasteiger partial charge in [0.1, 0.15) is 42.1 Å². The van der Waals surface area contributed by atoms with E-state index in [1.54, 1.807) is 0 Å². The molecule has 1 aliphatic rings. The number of ether oxygens (including phenoxy) is 3. The zero-order valence-electron chi connectivity index (χ0n) is 25.2. The standard InChI is InChI=1S/C35H42ClN3O4/c1-3-30(35(40)41-4-2)38-22-19-26(20-23-38)12-9-21-39-31-13-8-14-32(43-24-27-10-6-5-7-11-27)34(31)37-33(39)25-42-29-17-15-28(36)16-18-29/h5-8,10-11,13-18,26,30H,3-4,9,12,19-25H2,1-2H3. The lowest BCUT2D eigenvalue weighted by atomic mass is 9.91. The highest BCUT2D eigenvalue weighted by Crippen LogP contribution is 2.30. The van der Waals surface area contributed by atoms with Crippen LogP contribution in [0.25, 0.3) is 11.0 Å². The van der Waals surface area contributed by atoms with E-state index in [1.165, 1.54) is 0 Å². The SMILES string of the molecule is CCOC(=O)C(CC)N1CCC(CCCn2c(COc3ccc(Cl)cc3)nc3c(OCc4ccccc4)cccc32)CC1. The quantitative estimate of drug-likeness (QED) is 0.138. The molecule has 1 aromatic heterocycles. The highest BCUT2D eigenvalue weighted by Gasteiger charge is 2.29. The van der Waals surface area contributed by atoms with Crippen LogP contribution in [0.4, 0.5) is 0 Å². The van der Waals surface area contributed by atoms with Crippen LogP contribution in [0.5, 0.6) is 11.5 Å². The maximum atomic E-state index is 12.4. The van der Waals surface area contributed by atoms with Crippen molar-refractivity contribution in [1.29, 1.82) is 0 Å². The second-order valence-electron chi connectivity index (χ2n) is 11.1. The Hall–Kier alpha value is -3.55. The van der Waals surface area contributed by atoms with Gasteiger partial charge in [-0.25, -0.2) is 4.98 Å². The minimum absolute atomic E-state index is 0.0871. The lowest BCUT2D eigenvalue weighted by molar-refractivity contribution is -0.150. The number of fused-ring (bicyclic) bond motifs is 1. The van der Waals surface area contributed by atoms with E-state index in [0.29, 0.717) is 30.8 Å². The maximum Gasteiger partial charge on any atom is 0.323 e. The molecular weight excluding hydrogens is 562 g/mol. The summed E-state index contributed by atoms with van der Waals surface area (Å²) in [7, 11) is 0. The van der Waals surface area contributed by atoms with E-state index >= 15 is 0 Å². The van der Waals surface area contributed by atoms with Crippen molar-refractivity contribution in [3.05, 3.63) is 89.2 Å². The van der Waals surface area contributed by atoms with Gasteiger partial charge in [-0.1, -0.05) is 54.9 Å². The molecule has 1 unspecified atom stereocenters. The first-order valence-corrected chi connectivity index (χ1v) is 15.9. The molecule has 0 radical (unpaired) electrons. The summed E-state index contributed by atoms with van der Waals surface area (Å²) in [5.41, 5.74) is 3.02. The Bertz CT molecular complexity index is 1450. The van der Waals surface area contributed by atoms with Crippen molar-refractivity contribution in [1.82, 2.24) is 14.5 Å². The second kappa shape index (κ2) is 15.3. The predicted octanol–water partition coefficient (Wildman–Crippen LogP) is 7.68. The van der Waals surface area contributed by atoms with Crippen molar-refractivity contribution in [3.8, 4) is 11.5 Å². The molecule has 43 heavy (non-hydrogen) atoms. The number of carbonyl (C=O) groups is 1. The van der Waals surface area contributed by atoms with Crippen LogP contribution >= 0.6 is 11.6 Å². The molecular formula is C35H42ClN3O4. The minimum atomic E-state index is -0.125. The number of nitrogens with zero attached hydrogens (tertiary/aromatic N) is 3. The van der Waals surface area contributed by atoms with Crippen LogP contribution in [0.15, 0.2) is 72.8 Å². The number of para-hydroxylation sites is 1. The van der Waals surface area contributed by atoms with Gasteiger partial charge >= 0.3 is 5.97 Å². The summed E-state index contributed by atoms with van der Waals surface area (Å²) < 4.78 is 20.0. The number of likely N-dealkylation sites (tertiary alicyclic amines) is 1. The smallest absolute Gasteiger partial charge is 0.323 e. The van der Waals surface area contributed by atoms with Crippen LogP contribution < -0.4 is 9.47 Å². The predicted molar refractivity (Wildman–Crippen MR) is 171 cm³/mol. The van der Waals surface area contributed by atoms with E-state index in [-0.39, 0.29) is 12.0 Å². The summed E-state index contributed by atoms with van der Waals surface area (Å²) in [4.78, 5) is 19.7. The van der Waals surface area contributed by atoms with E-state index < -0.39 is 0 Å². The van der Waals surface area contributed by atoms with Gasteiger partial charge in [0.05, 0.1) is 12.1 Å². The number of halogens is 1. The first-order chi connectivity index (χ1) is 21.1. The fourth-order valence-corrected chi connectivity index (χ4v) is 6.09. The average molecular weight is 604 g/mol. The Balaban J connectivity index is 1.26. The molecule has 3 aromatic carbocycles. The molecule has 1 saturated heterocycles. The monoisotopic (exact) mass is 603 g/mol. The van der Waals surface area contributed by atoms with Crippen LogP contribution in [0, 0.1) is 5.92 Å². The van der Waals surface area contributed by atoms with E-state index in [4.69, 9.17) is 30.8 Å². The van der Waals surface area contributed by atoms with Crippen molar-refractivity contribution < 1.29 is 19.0 Å². The molecule has 0 N–H and O–H groups in total.